The first kappa shape index (κ1) is 13.4. The van der Waals surface area contributed by atoms with Crippen molar-refractivity contribution in [2.75, 3.05) is 12.3 Å². The SMILES string of the molecule is Cc1nc(C2CCOc3ccccc32)nc(N)c1C(N)=O. The molecule has 4 N–H and O–H groups in total. The molecule has 0 bridgehead atoms. The average Bonchev–Trinajstić information content (AvgIpc) is 2.45. The molecule has 6 nitrogen and oxygen atoms in total. The molecule has 3 rings (SSSR count). The van der Waals surface area contributed by atoms with E-state index in [1.165, 1.54) is 0 Å². The van der Waals surface area contributed by atoms with E-state index < -0.39 is 5.91 Å². The molecule has 0 fully saturated rings. The molecule has 0 saturated heterocycles. The number of anilines is 1. The third kappa shape index (κ3) is 2.29. The van der Waals surface area contributed by atoms with Gasteiger partial charge in [-0.25, -0.2) is 9.97 Å². The van der Waals surface area contributed by atoms with Crippen LogP contribution in [0.1, 0.15) is 39.8 Å². The summed E-state index contributed by atoms with van der Waals surface area (Å²) in [5.41, 5.74) is 12.9. The number of nitrogen functional groups attached to an aromatic ring is 1. The average molecular weight is 284 g/mol. The van der Waals surface area contributed by atoms with Gasteiger partial charge in [-0.2, -0.15) is 0 Å². The number of ether oxygens (including phenoxy) is 1. The number of hydrogen-bond acceptors (Lipinski definition) is 5. The molecular formula is C15H16N4O2. The van der Waals surface area contributed by atoms with Gasteiger partial charge in [-0.15, -0.1) is 0 Å². The molecule has 21 heavy (non-hydrogen) atoms. The summed E-state index contributed by atoms with van der Waals surface area (Å²) in [7, 11) is 0. The van der Waals surface area contributed by atoms with Gasteiger partial charge in [0.2, 0.25) is 0 Å². The van der Waals surface area contributed by atoms with Gasteiger partial charge in [0.05, 0.1) is 18.2 Å². The number of benzene rings is 1. The van der Waals surface area contributed by atoms with Gasteiger partial charge in [-0.1, -0.05) is 18.2 Å². The Bertz CT molecular complexity index is 692. The molecule has 1 amide bonds. The van der Waals surface area contributed by atoms with Crippen molar-refractivity contribution in [2.45, 2.75) is 19.3 Å². The number of aryl methyl sites for hydroxylation is 1. The summed E-state index contributed by atoms with van der Waals surface area (Å²) in [5, 5.41) is 0. The number of nitrogens with zero attached hydrogens (tertiary/aromatic N) is 2. The second-order valence-electron chi connectivity index (χ2n) is 5.02. The Morgan fingerprint density at radius 1 is 1.33 bits per heavy atom. The van der Waals surface area contributed by atoms with Crippen molar-refractivity contribution in [3.63, 3.8) is 0 Å². The number of fused-ring (bicyclic) bond motifs is 1. The number of para-hydroxylation sites is 1. The molecule has 1 aliphatic rings. The summed E-state index contributed by atoms with van der Waals surface area (Å²) in [6.45, 7) is 2.31. The van der Waals surface area contributed by atoms with E-state index >= 15 is 0 Å². The van der Waals surface area contributed by atoms with E-state index in [0.29, 0.717) is 18.1 Å². The van der Waals surface area contributed by atoms with Crippen LogP contribution in [0.5, 0.6) is 5.75 Å². The van der Waals surface area contributed by atoms with E-state index in [4.69, 9.17) is 16.2 Å². The van der Waals surface area contributed by atoms with Crippen molar-refractivity contribution in [3.05, 3.63) is 46.9 Å². The fourth-order valence-electron chi connectivity index (χ4n) is 2.69. The second kappa shape index (κ2) is 5.05. The quantitative estimate of drug-likeness (QED) is 0.867. The molecule has 0 saturated carbocycles. The number of amides is 1. The van der Waals surface area contributed by atoms with Crippen LogP contribution in [-0.4, -0.2) is 22.5 Å². The van der Waals surface area contributed by atoms with E-state index in [9.17, 15) is 4.79 Å². The van der Waals surface area contributed by atoms with Crippen LogP contribution in [0.25, 0.3) is 0 Å². The van der Waals surface area contributed by atoms with Crippen molar-refractivity contribution in [3.8, 4) is 5.75 Å². The van der Waals surface area contributed by atoms with E-state index in [1.807, 2.05) is 24.3 Å². The molecule has 108 valence electrons. The van der Waals surface area contributed by atoms with Gasteiger partial charge in [-0.3, -0.25) is 4.79 Å². The zero-order valence-electron chi connectivity index (χ0n) is 11.7. The van der Waals surface area contributed by atoms with Crippen molar-refractivity contribution < 1.29 is 9.53 Å². The Labute approximate surface area is 122 Å². The minimum atomic E-state index is -0.607. The minimum absolute atomic E-state index is 0.0119. The molecule has 6 heteroatoms. The lowest BCUT2D eigenvalue weighted by molar-refractivity contribution is 0.1000. The Kier molecular flexibility index (Phi) is 3.21. The lowest BCUT2D eigenvalue weighted by Gasteiger charge is -2.25. The highest BCUT2D eigenvalue weighted by Gasteiger charge is 2.26. The highest BCUT2D eigenvalue weighted by Crippen LogP contribution is 2.36. The number of primary amides is 1. The summed E-state index contributed by atoms with van der Waals surface area (Å²) < 4.78 is 5.64. The van der Waals surface area contributed by atoms with Crippen LogP contribution >= 0.6 is 0 Å². The normalized spacial score (nSPS) is 16.9. The van der Waals surface area contributed by atoms with Crippen LogP contribution in [0.4, 0.5) is 5.82 Å². The summed E-state index contributed by atoms with van der Waals surface area (Å²) in [6.07, 6.45) is 0.770. The summed E-state index contributed by atoms with van der Waals surface area (Å²) in [6, 6.07) is 7.80. The third-order valence-electron chi connectivity index (χ3n) is 3.65. The number of carbonyl (C=O) groups is 1. The number of hydrogen-bond donors (Lipinski definition) is 2. The van der Waals surface area contributed by atoms with E-state index in [-0.39, 0.29) is 17.3 Å². The Balaban J connectivity index is 2.09. The van der Waals surface area contributed by atoms with Crippen LogP contribution in [0.2, 0.25) is 0 Å². The van der Waals surface area contributed by atoms with Crippen molar-refractivity contribution in [1.82, 2.24) is 9.97 Å². The third-order valence-corrected chi connectivity index (χ3v) is 3.65. The van der Waals surface area contributed by atoms with Crippen LogP contribution in [0, 0.1) is 6.92 Å². The fraction of sp³-hybridized carbons (Fsp3) is 0.267. The van der Waals surface area contributed by atoms with Crippen molar-refractivity contribution in [1.29, 1.82) is 0 Å². The van der Waals surface area contributed by atoms with Gasteiger partial charge in [0.1, 0.15) is 23.0 Å². The largest absolute Gasteiger partial charge is 0.493 e. The highest BCUT2D eigenvalue weighted by atomic mass is 16.5. The van der Waals surface area contributed by atoms with E-state index in [1.54, 1.807) is 6.92 Å². The van der Waals surface area contributed by atoms with Gasteiger partial charge in [0.25, 0.3) is 5.91 Å². The van der Waals surface area contributed by atoms with Crippen LogP contribution in [0.3, 0.4) is 0 Å². The lowest BCUT2D eigenvalue weighted by atomic mass is 9.92. The highest BCUT2D eigenvalue weighted by molar-refractivity contribution is 5.98. The number of rotatable bonds is 2. The summed E-state index contributed by atoms with van der Waals surface area (Å²) in [4.78, 5) is 20.1. The van der Waals surface area contributed by atoms with Crippen LogP contribution < -0.4 is 16.2 Å². The van der Waals surface area contributed by atoms with E-state index in [0.717, 1.165) is 17.7 Å². The Morgan fingerprint density at radius 3 is 2.81 bits per heavy atom. The van der Waals surface area contributed by atoms with E-state index in [2.05, 4.69) is 9.97 Å². The zero-order chi connectivity index (χ0) is 15.0. The maximum Gasteiger partial charge on any atom is 0.254 e. The van der Waals surface area contributed by atoms with Crippen LogP contribution in [0.15, 0.2) is 24.3 Å². The van der Waals surface area contributed by atoms with Crippen molar-refractivity contribution in [2.24, 2.45) is 5.73 Å². The van der Waals surface area contributed by atoms with Gasteiger partial charge in [-0.05, 0) is 19.4 Å². The smallest absolute Gasteiger partial charge is 0.254 e. The van der Waals surface area contributed by atoms with Crippen molar-refractivity contribution >= 4 is 11.7 Å². The number of aromatic nitrogens is 2. The lowest BCUT2D eigenvalue weighted by Crippen LogP contribution is -2.22. The van der Waals surface area contributed by atoms with Crippen LogP contribution in [-0.2, 0) is 0 Å². The van der Waals surface area contributed by atoms with Gasteiger partial charge in [0, 0.05) is 5.56 Å². The molecule has 0 radical (unpaired) electrons. The fourth-order valence-corrected chi connectivity index (χ4v) is 2.69. The Hall–Kier alpha value is -2.63. The first-order valence-corrected chi connectivity index (χ1v) is 6.73. The molecule has 2 heterocycles. The molecule has 1 unspecified atom stereocenters. The number of carbonyl (C=O) groups excluding carboxylic acids is 1. The first-order chi connectivity index (χ1) is 10.1. The maximum atomic E-state index is 11.4. The maximum absolute atomic E-state index is 11.4. The molecular weight excluding hydrogens is 268 g/mol. The van der Waals surface area contributed by atoms with Gasteiger partial charge < -0.3 is 16.2 Å². The topological polar surface area (TPSA) is 104 Å². The van der Waals surface area contributed by atoms with Gasteiger partial charge >= 0.3 is 0 Å². The zero-order valence-corrected chi connectivity index (χ0v) is 11.7. The molecule has 2 aromatic rings. The summed E-state index contributed by atoms with van der Waals surface area (Å²) >= 11 is 0. The molecule has 0 aliphatic carbocycles. The molecule has 1 aliphatic heterocycles. The predicted molar refractivity (Wildman–Crippen MR) is 78.1 cm³/mol. The monoisotopic (exact) mass is 284 g/mol. The molecule has 0 spiro atoms. The standard InChI is InChI=1S/C15H16N4O2/c1-8-12(14(17)20)13(16)19-15(18-8)10-6-7-21-11-5-3-2-4-9(10)11/h2-5,10H,6-7H2,1H3,(H2,17,20)(H2,16,18,19). The Morgan fingerprint density at radius 2 is 2.10 bits per heavy atom. The molecule has 1 aromatic heterocycles. The predicted octanol–water partition coefficient (Wildman–Crippen LogP) is 1.38. The van der Waals surface area contributed by atoms with Gasteiger partial charge in [0.15, 0.2) is 0 Å². The molecule has 1 aromatic carbocycles. The minimum Gasteiger partial charge on any atom is -0.493 e. The molecule has 1 atom stereocenters. The summed E-state index contributed by atoms with van der Waals surface area (Å²) in [5.74, 6) is 0.981. The number of nitrogens with two attached hydrogens (primary N) is 2. The first-order valence-electron chi connectivity index (χ1n) is 6.73. The second-order valence-corrected chi connectivity index (χ2v) is 5.02.